The van der Waals surface area contributed by atoms with Gasteiger partial charge in [-0.05, 0) is 30.9 Å². The first-order valence-electron chi connectivity index (χ1n) is 6.54. The van der Waals surface area contributed by atoms with E-state index in [1.165, 1.54) is 0 Å². The van der Waals surface area contributed by atoms with Crippen LogP contribution in [0.15, 0.2) is 16.5 Å². The van der Waals surface area contributed by atoms with Gasteiger partial charge in [0.05, 0.1) is 6.54 Å². The number of aldehydes is 1. The van der Waals surface area contributed by atoms with Gasteiger partial charge in [-0.15, -0.1) is 0 Å². The van der Waals surface area contributed by atoms with Crippen molar-refractivity contribution in [2.24, 2.45) is 5.92 Å². The zero-order valence-electron chi connectivity index (χ0n) is 10.7. The zero-order valence-corrected chi connectivity index (χ0v) is 10.7. The summed E-state index contributed by atoms with van der Waals surface area (Å²) < 4.78 is 5.32. The summed E-state index contributed by atoms with van der Waals surface area (Å²) in [5.41, 5.74) is 0. The molecule has 2 rings (SSSR count). The van der Waals surface area contributed by atoms with Crippen LogP contribution >= 0.6 is 0 Å². The smallest absolute Gasteiger partial charge is 0.222 e. The second-order valence-corrected chi connectivity index (χ2v) is 4.84. The lowest BCUT2D eigenvalue weighted by atomic mass is 9.98. The average Bonchev–Trinajstić information content (AvgIpc) is 2.77. The Balaban J connectivity index is 1.99. The molecule has 4 nitrogen and oxygen atoms in total. The maximum atomic E-state index is 12.0. The minimum Gasteiger partial charge on any atom is -0.456 e. The highest BCUT2D eigenvalue weighted by Gasteiger charge is 2.22. The summed E-state index contributed by atoms with van der Waals surface area (Å²) in [5, 5.41) is 0. The Bertz CT molecular complexity index is 424. The second-order valence-electron chi connectivity index (χ2n) is 4.84. The molecule has 1 amide bonds. The van der Waals surface area contributed by atoms with Gasteiger partial charge < -0.3 is 9.32 Å². The van der Waals surface area contributed by atoms with Gasteiger partial charge >= 0.3 is 0 Å². The molecule has 0 bridgehead atoms. The Kier molecular flexibility index (Phi) is 4.18. The fourth-order valence-electron chi connectivity index (χ4n) is 2.40. The van der Waals surface area contributed by atoms with Crippen molar-refractivity contribution < 1.29 is 14.0 Å². The molecule has 1 unspecified atom stereocenters. The number of carbonyl (C=O) groups excluding carboxylic acids is 2. The van der Waals surface area contributed by atoms with E-state index in [-0.39, 0.29) is 5.91 Å². The summed E-state index contributed by atoms with van der Waals surface area (Å²) in [6.07, 6.45) is 4.49. The summed E-state index contributed by atoms with van der Waals surface area (Å²) in [6, 6.07) is 3.40. The number of likely N-dealkylation sites (tertiary alicyclic amines) is 1. The molecule has 0 saturated carbocycles. The van der Waals surface area contributed by atoms with Crippen molar-refractivity contribution in [1.29, 1.82) is 0 Å². The number of hydrogen-bond donors (Lipinski definition) is 0. The number of amides is 1. The Morgan fingerprint density at radius 1 is 1.44 bits per heavy atom. The molecule has 0 radical (unpaired) electrons. The molecule has 1 aliphatic heterocycles. The molecule has 1 saturated heterocycles. The number of furan rings is 1. The predicted octanol–water partition coefficient (Wildman–Crippen LogP) is 2.63. The SMILES string of the molecule is CCC1CCC(=O)N(Cc2ccc(C=O)o2)CC1. The van der Waals surface area contributed by atoms with E-state index in [0.717, 1.165) is 25.8 Å². The molecule has 0 spiro atoms. The zero-order chi connectivity index (χ0) is 13.0. The quantitative estimate of drug-likeness (QED) is 0.771. The minimum absolute atomic E-state index is 0.190. The molecule has 1 fully saturated rings. The van der Waals surface area contributed by atoms with Crippen LogP contribution in [0.1, 0.15) is 48.9 Å². The van der Waals surface area contributed by atoms with Crippen LogP contribution in [0.3, 0.4) is 0 Å². The van der Waals surface area contributed by atoms with Gasteiger partial charge in [-0.3, -0.25) is 9.59 Å². The van der Waals surface area contributed by atoms with E-state index >= 15 is 0 Å². The van der Waals surface area contributed by atoms with Crippen LogP contribution in [-0.4, -0.2) is 23.6 Å². The first kappa shape index (κ1) is 12.9. The highest BCUT2D eigenvalue weighted by molar-refractivity contribution is 5.76. The summed E-state index contributed by atoms with van der Waals surface area (Å²) in [7, 11) is 0. The van der Waals surface area contributed by atoms with Crippen LogP contribution in [-0.2, 0) is 11.3 Å². The van der Waals surface area contributed by atoms with E-state index in [0.29, 0.717) is 36.7 Å². The van der Waals surface area contributed by atoms with Crippen LogP contribution in [0.4, 0.5) is 0 Å². The van der Waals surface area contributed by atoms with Crippen molar-refractivity contribution in [3.05, 3.63) is 23.7 Å². The van der Waals surface area contributed by atoms with Crippen molar-refractivity contribution in [2.45, 2.75) is 39.2 Å². The maximum Gasteiger partial charge on any atom is 0.222 e. The van der Waals surface area contributed by atoms with Crippen molar-refractivity contribution >= 4 is 12.2 Å². The van der Waals surface area contributed by atoms with E-state index in [1.807, 2.05) is 4.90 Å². The third-order valence-corrected chi connectivity index (χ3v) is 3.65. The van der Waals surface area contributed by atoms with Gasteiger partial charge in [0.2, 0.25) is 5.91 Å². The maximum absolute atomic E-state index is 12.0. The number of nitrogens with zero attached hydrogens (tertiary/aromatic N) is 1. The van der Waals surface area contributed by atoms with E-state index in [4.69, 9.17) is 4.42 Å². The summed E-state index contributed by atoms with van der Waals surface area (Å²) >= 11 is 0. The first-order chi connectivity index (χ1) is 8.72. The fraction of sp³-hybridized carbons (Fsp3) is 0.571. The molecule has 4 heteroatoms. The van der Waals surface area contributed by atoms with Gasteiger partial charge in [-0.25, -0.2) is 0 Å². The number of carbonyl (C=O) groups is 2. The molecule has 1 aromatic heterocycles. The van der Waals surface area contributed by atoms with Gasteiger partial charge in [-0.1, -0.05) is 13.3 Å². The van der Waals surface area contributed by atoms with E-state index in [2.05, 4.69) is 6.92 Å². The van der Waals surface area contributed by atoms with E-state index in [1.54, 1.807) is 12.1 Å². The summed E-state index contributed by atoms with van der Waals surface area (Å²) in [4.78, 5) is 24.3. The standard InChI is InChI=1S/C14H19NO3/c1-2-11-3-6-14(17)15(8-7-11)9-12-4-5-13(10-16)18-12/h4-5,10-11H,2-3,6-9H2,1H3. The highest BCUT2D eigenvalue weighted by Crippen LogP contribution is 2.22. The van der Waals surface area contributed by atoms with Gasteiger partial charge in [0.15, 0.2) is 12.0 Å². The van der Waals surface area contributed by atoms with Crippen molar-refractivity contribution in [3.63, 3.8) is 0 Å². The molecule has 1 aromatic rings. The third-order valence-electron chi connectivity index (χ3n) is 3.65. The Morgan fingerprint density at radius 3 is 2.94 bits per heavy atom. The van der Waals surface area contributed by atoms with Gasteiger partial charge in [0, 0.05) is 13.0 Å². The molecule has 1 atom stereocenters. The molecule has 0 N–H and O–H groups in total. The largest absolute Gasteiger partial charge is 0.456 e. The highest BCUT2D eigenvalue weighted by atomic mass is 16.3. The molecule has 1 aliphatic rings. The van der Waals surface area contributed by atoms with Gasteiger partial charge in [0.25, 0.3) is 0 Å². The van der Waals surface area contributed by atoms with Crippen LogP contribution in [0.2, 0.25) is 0 Å². The Labute approximate surface area is 107 Å². The average molecular weight is 249 g/mol. The molecular weight excluding hydrogens is 230 g/mol. The molecule has 0 aromatic carbocycles. The Hall–Kier alpha value is -1.58. The number of rotatable bonds is 4. The van der Waals surface area contributed by atoms with Gasteiger partial charge in [0.1, 0.15) is 5.76 Å². The van der Waals surface area contributed by atoms with E-state index in [9.17, 15) is 9.59 Å². The minimum atomic E-state index is 0.190. The fourth-order valence-corrected chi connectivity index (χ4v) is 2.40. The lowest BCUT2D eigenvalue weighted by Crippen LogP contribution is -2.29. The first-order valence-corrected chi connectivity index (χ1v) is 6.54. The molecule has 0 aliphatic carbocycles. The van der Waals surface area contributed by atoms with Crippen LogP contribution < -0.4 is 0 Å². The third kappa shape index (κ3) is 3.00. The molecule has 2 heterocycles. The number of hydrogen-bond acceptors (Lipinski definition) is 3. The van der Waals surface area contributed by atoms with Crippen molar-refractivity contribution in [1.82, 2.24) is 4.90 Å². The summed E-state index contributed by atoms with van der Waals surface area (Å²) in [6.45, 7) is 3.44. The predicted molar refractivity (Wildman–Crippen MR) is 67.1 cm³/mol. The van der Waals surface area contributed by atoms with E-state index < -0.39 is 0 Å². The van der Waals surface area contributed by atoms with Gasteiger partial charge in [-0.2, -0.15) is 0 Å². The lowest BCUT2D eigenvalue weighted by molar-refractivity contribution is -0.131. The molecular formula is C14H19NO3. The topological polar surface area (TPSA) is 50.5 Å². The van der Waals surface area contributed by atoms with Crippen molar-refractivity contribution in [3.8, 4) is 0 Å². The lowest BCUT2D eigenvalue weighted by Gasteiger charge is -2.19. The second kappa shape index (κ2) is 5.85. The monoisotopic (exact) mass is 249 g/mol. The van der Waals surface area contributed by atoms with Crippen LogP contribution in [0, 0.1) is 5.92 Å². The molecule has 98 valence electrons. The Morgan fingerprint density at radius 2 is 2.28 bits per heavy atom. The summed E-state index contributed by atoms with van der Waals surface area (Å²) in [5.74, 6) is 1.84. The van der Waals surface area contributed by atoms with Crippen molar-refractivity contribution in [2.75, 3.05) is 6.54 Å². The normalized spacial score (nSPS) is 20.8. The van der Waals surface area contributed by atoms with Crippen LogP contribution in [0.25, 0.3) is 0 Å². The van der Waals surface area contributed by atoms with Crippen LogP contribution in [0.5, 0.6) is 0 Å². The molecule has 18 heavy (non-hydrogen) atoms.